The second kappa shape index (κ2) is 8.12. The summed E-state index contributed by atoms with van der Waals surface area (Å²) in [6, 6.07) is 11.6. The molecule has 0 aliphatic carbocycles. The lowest BCUT2D eigenvalue weighted by Crippen LogP contribution is -2.10. The van der Waals surface area contributed by atoms with E-state index in [0.29, 0.717) is 11.3 Å². The zero-order valence-corrected chi connectivity index (χ0v) is 17.1. The van der Waals surface area contributed by atoms with Crippen LogP contribution in [-0.4, -0.2) is 31.1 Å². The zero-order chi connectivity index (χ0) is 19.8. The number of fused-ring (bicyclic) bond motifs is 2. The van der Waals surface area contributed by atoms with Gasteiger partial charge in [0, 0.05) is 47.0 Å². The molecule has 0 aliphatic heterocycles. The molecule has 8 heteroatoms. The number of rotatable bonds is 5. The van der Waals surface area contributed by atoms with Crippen molar-refractivity contribution in [1.29, 1.82) is 0 Å². The van der Waals surface area contributed by atoms with Crippen molar-refractivity contribution in [2.75, 3.05) is 11.9 Å². The molecule has 0 fully saturated rings. The van der Waals surface area contributed by atoms with Crippen LogP contribution in [0.3, 0.4) is 0 Å². The summed E-state index contributed by atoms with van der Waals surface area (Å²) in [4.78, 5) is 11.9. The average Bonchev–Trinajstić information content (AvgIpc) is 3.32. The molecule has 0 amide bonds. The Morgan fingerprint density at radius 2 is 2.00 bits per heavy atom. The molecule has 0 radical (unpaired) electrons. The number of para-hydroxylation sites is 1. The summed E-state index contributed by atoms with van der Waals surface area (Å²) in [6.07, 6.45) is 7.48. The van der Waals surface area contributed by atoms with Gasteiger partial charge in [-0.1, -0.05) is 18.2 Å². The van der Waals surface area contributed by atoms with Crippen LogP contribution < -0.4 is 5.32 Å². The van der Waals surface area contributed by atoms with Gasteiger partial charge in [0.15, 0.2) is 5.65 Å². The van der Waals surface area contributed by atoms with Gasteiger partial charge in [-0.15, -0.1) is 12.4 Å². The van der Waals surface area contributed by atoms with E-state index in [1.165, 1.54) is 23.2 Å². The molecule has 4 heterocycles. The van der Waals surface area contributed by atoms with E-state index in [1.807, 2.05) is 25.1 Å². The number of nitrogens with one attached hydrogen (secondary N) is 2. The van der Waals surface area contributed by atoms with Crippen molar-refractivity contribution < 1.29 is 4.39 Å². The highest BCUT2D eigenvalue weighted by Gasteiger charge is 2.12. The maximum absolute atomic E-state index is 13.6. The van der Waals surface area contributed by atoms with Gasteiger partial charge in [-0.3, -0.25) is 4.98 Å². The number of hydrogen-bond acceptors (Lipinski definition) is 4. The summed E-state index contributed by atoms with van der Waals surface area (Å²) in [6.45, 7) is 2.68. The van der Waals surface area contributed by atoms with Gasteiger partial charge in [-0.2, -0.15) is 9.61 Å². The van der Waals surface area contributed by atoms with Gasteiger partial charge in [0.05, 0.1) is 18.1 Å². The van der Waals surface area contributed by atoms with Crippen LogP contribution in [0.2, 0.25) is 0 Å². The Morgan fingerprint density at radius 3 is 2.87 bits per heavy atom. The van der Waals surface area contributed by atoms with Crippen LogP contribution in [-0.2, 0) is 6.42 Å². The van der Waals surface area contributed by atoms with Crippen LogP contribution in [0.4, 0.5) is 10.2 Å². The van der Waals surface area contributed by atoms with Gasteiger partial charge in [-0.25, -0.2) is 9.37 Å². The minimum Gasteiger partial charge on any atom is -0.370 e. The number of aryl methyl sites for hydroxylation is 1. The molecule has 6 nitrogen and oxygen atoms in total. The molecular formula is C22H20ClFN6. The maximum atomic E-state index is 13.6. The van der Waals surface area contributed by atoms with Gasteiger partial charge >= 0.3 is 0 Å². The molecule has 2 N–H and O–H groups in total. The Bertz CT molecular complexity index is 1330. The van der Waals surface area contributed by atoms with E-state index in [4.69, 9.17) is 0 Å². The van der Waals surface area contributed by atoms with Crippen molar-refractivity contribution in [2.24, 2.45) is 0 Å². The molecule has 0 spiro atoms. The first-order chi connectivity index (χ1) is 14.2. The topological polar surface area (TPSA) is 70.9 Å². The summed E-state index contributed by atoms with van der Waals surface area (Å²) in [5.74, 6) is 0.422. The minimum absolute atomic E-state index is 0. The number of halogens is 2. The summed E-state index contributed by atoms with van der Waals surface area (Å²) in [5.41, 5.74) is 5.37. The Labute approximate surface area is 178 Å². The molecule has 1 aromatic carbocycles. The van der Waals surface area contributed by atoms with E-state index in [0.717, 1.165) is 35.5 Å². The molecule has 0 saturated heterocycles. The van der Waals surface area contributed by atoms with E-state index in [9.17, 15) is 4.39 Å². The van der Waals surface area contributed by atoms with Gasteiger partial charge in [0.1, 0.15) is 11.6 Å². The fourth-order valence-electron chi connectivity index (χ4n) is 3.56. The number of hydrogen-bond donors (Lipinski definition) is 2. The molecule has 0 bridgehead atoms. The van der Waals surface area contributed by atoms with Crippen molar-refractivity contribution in [3.8, 4) is 11.3 Å². The zero-order valence-electron chi connectivity index (χ0n) is 16.3. The number of aromatic amines is 1. The smallest absolute Gasteiger partial charge is 0.160 e. The molecule has 152 valence electrons. The fourth-order valence-corrected chi connectivity index (χ4v) is 3.56. The molecule has 0 saturated carbocycles. The normalized spacial score (nSPS) is 11.0. The van der Waals surface area contributed by atoms with Gasteiger partial charge in [-0.05, 0) is 31.0 Å². The summed E-state index contributed by atoms with van der Waals surface area (Å²) >= 11 is 0. The Hall–Kier alpha value is -3.45. The maximum Gasteiger partial charge on any atom is 0.160 e. The van der Waals surface area contributed by atoms with Gasteiger partial charge in [0.2, 0.25) is 0 Å². The highest BCUT2D eigenvalue weighted by molar-refractivity contribution is 5.85. The van der Waals surface area contributed by atoms with Crippen molar-refractivity contribution in [1.82, 2.24) is 24.6 Å². The Kier molecular flexibility index (Phi) is 5.37. The lowest BCUT2D eigenvalue weighted by Gasteiger charge is -2.11. The second-order valence-electron chi connectivity index (χ2n) is 7.02. The Morgan fingerprint density at radius 1 is 1.13 bits per heavy atom. The first-order valence-corrected chi connectivity index (χ1v) is 9.44. The number of aromatic nitrogens is 5. The van der Waals surface area contributed by atoms with Crippen molar-refractivity contribution in [3.05, 3.63) is 78.1 Å². The minimum atomic E-state index is -0.386. The predicted octanol–water partition coefficient (Wildman–Crippen LogP) is 4.80. The number of H-pyrrole nitrogens is 1. The van der Waals surface area contributed by atoms with Crippen molar-refractivity contribution in [3.63, 3.8) is 0 Å². The lowest BCUT2D eigenvalue weighted by atomic mass is 10.1. The third-order valence-electron chi connectivity index (χ3n) is 5.02. The Balaban J connectivity index is 0.00000218. The van der Waals surface area contributed by atoms with Crippen LogP contribution in [0.15, 0.2) is 61.2 Å². The standard InChI is InChI=1S/C22H19FN6.ClH/c1-14-10-27-29-21(9-20(28-22(14)29)16-8-17(23)13-24-11-16)25-7-6-15-12-26-19-5-3-2-4-18(15)19;/h2-5,8-13,25-26H,6-7H2,1H3;1H. The quantitative estimate of drug-likeness (QED) is 0.427. The van der Waals surface area contributed by atoms with Crippen LogP contribution in [0, 0.1) is 12.7 Å². The first kappa shape index (κ1) is 19.8. The van der Waals surface area contributed by atoms with E-state index >= 15 is 0 Å². The van der Waals surface area contributed by atoms with Crippen molar-refractivity contribution >= 4 is 34.8 Å². The average molecular weight is 423 g/mol. The summed E-state index contributed by atoms with van der Waals surface area (Å²) in [7, 11) is 0. The van der Waals surface area contributed by atoms with Gasteiger partial charge in [0.25, 0.3) is 0 Å². The molecule has 4 aromatic heterocycles. The monoisotopic (exact) mass is 422 g/mol. The molecule has 0 atom stereocenters. The fraction of sp³-hybridized carbons (Fsp3) is 0.136. The number of nitrogens with zero attached hydrogens (tertiary/aromatic N) is 4. The van der Waals surface area contributed by atoms with Gasteiger partial charge < -0.3 is 10.3 Å². The summed E-state index contributed by atoms with van der Waals surface area (Å²) < 4.78 is 15.4. The van der Waals surface area contributed by atoms with Crippen LogP contribution in [0.5, 0.6) is 0 Å². The van der Waals surface area contributed by atoms with E-state index < -0.39 is 0 Å². The van der Waals surface area contributed by atoms with Crippen LogP contribution >= 0.6 is 12.4 Å². The third kappa shape index (κ3) is 3.59. The largest absolute Gasteiger partial charge is 0.370 e. The highest BCUT2D eigenvalue weighted by atomic mass is 35.5. The number of anilines is 1. The molecule has 5 aromatic rings. The van der Waals surface area contributed by atoms with Crippen molar-refractivity contribution in [2.45, 2.75) is 13.3 Å². The first-order valence-electron chi connectivity index (χ1n) is 9.44. The molecule has 0 aliphatic rings. The predicted molar refractivity (Wildman–Crippen MR) is 119 cm³/mol. The summed E-state index contributed by atoms with van der Waals surface area (Å²) in [5, 5.41) is 9.13. The van der Waals surface area contributed by atoms with E-state index in [-0.39, 0.29) is 18.2 Å². The third-order valence-corrected chi connectivity index (χ3v) is 5.02. The molecule has 30 heavy (non-hydrogen) atoms. The van der Waals surface area contributed by atoms with Crippen LogP contribution in [0.1, 0.15) is 11.1 Å². The second-order valence-corrected chi connectivity index (χ2v) is 7.02. The molecule has 0 unspecified atom stereocenters. The lowest BCUT2D eigenvalue weighted by molar-refractivity contribution is 0.622. The van der Waals surface area contributed by atoms with E-state index in [1.54, 1.807) is 16.9 Å². The number of benzene rings is 1. The SMILES string of the molecule is Cc1cnn2c(NCCc3c[nH]c4ccccc34)cc(-c3cncc(F)c3)nc12.Cl. The highest BCUT2D eigenvalue weighted by Crippen LogP contribution is 2.24. The molecule has 5 rings (SSSR count). The van der Waals surface area contributed by atoms with E-state index in [2.05, 4.69) is 43.7 Å². The van der Waals surface area contributed by atoms with Crippen LogP contribution in [0.25, 0.3) is 27.8 Å². The molecular weight excluding hydrogens is 403 g/mol. The number of pyridine rings is 1.